The number of piperidine rings is 1. The number of nitrogens with zero attached hydrogens (tertiary/aromatic N) is 6. The number of pyridine rings is 1. The third-order valence-electron chi connectivity index (χ3n) is 7.83. The van der Waals surface area contributed by atoms with Gasteiger partial charge in [0.2, 0.25) is 0 Å². The van der Waals surface area contributed by atoms with Crippen LogP contribution in [-0.4, -0.2) is 79.2 Å². The Morgan fingerprint density at radius 3 is 2.78 bits per heavy atom. The summed E-state index contributed by atoms with van der Waals surface area (Å²) in [5.41, 5.74) is 2.30. The Labute approximate surface area is 206 Å². The quantitative estimate of drug-likeness (QED) is 0.553. The highest BCUT2D eigenvalue weighted by atomic mass is 19.4. The average molecular weight is 503 g/mol. The SMILES string of the molecule is CN1CCC(c2nn(CC(F)(F)F)c3cc(-c4[nH]ncc4NC(=O)N4CCCCC45CC5)ncc23)C1. The first kappa shape index (κ1) is 23.3. The first-order chi connectivity index (χ1) is 17.2. The molecule has 0 bridgehead atoms. The first-order valence-electron chi connectivity index (χ1n) is 12.5. The number of hydrogen-bond donors (Lipinski definition) is 2. The number of nitrogens with one attached hydrogen (secondary N) is 2. The van der Waals surface area contributed by atoms with Crippen molar-refractivity contribution in [2.45, 2.75) is 62.7 Å². The molecule has 3 aromatic heterocycles. The number of likely N-dealkylation sites (tertiary alicyclic amines) is 2. The monoisotopic (exact) mass is 502 g/mol. The summed E-state index contributed by atoms with van der Waals surface area (Å²) in [5, 5.41) is 14.9. The molecule has 3 fully saturated rings. The number of amides is 2. The van der Waals surface area contributed by atoms with Gasteiger partial charge in [-0.2, -0.15) is 23.4 Å². The molecule has 3 aliphatic rings. The average Bonchev–Trinajstić information content (AvgIpc) is 3.15. The standard InChI is InChI=1S/C24H29F3N8O/c1-33-9-4-15(13-33)20-16-11-28-17(10-19(16)35(32-20)14-24(25,26)27)21-18(12-29-31-21)30-22(36)34-8-3-2-5-23(34)6-7-23/h10-12,15H,2-9,13-14H2,1H3,(H,29,31)(H,30,36). The number of aromatic amines is 1. The summed E-state index contributed by atoms with van der Waals surface area (Å²) in [6.07, 6.45) is 4.72. The number of urea groups is 1. The molecule has 2 aliphatic heterocycles. The van der Waals surface area contributed by atoms with Crippen LogP contribution in [0.4, 0.5) is 23.7 Å². The highest BCUT2D eigenvalue weighted by molar-refractivity contribution is 5.94. The number of hydrogen-bond acceptors (Lipinski definition) is 5. The normalized spacial score (nSPS) is 22.0. The summed E-state index contributed by atoms with van der Waals surface area (Å²) in [6, 6.07) is 1.42. The van der Waals surface area contributed by atoms with Crippen LogP contribution in [0.25, 0.3) is 22.3 Å². The number of alkyl halides is 3. The molecule has 0 aromatic carbocycles. The van der Waals surface area contributed by atoms with Gasteiger partial charge in [-0.25, -0.2) is 4.79 Å². The van der Waals surface area contributed by atoms with Crippen LogP contribution in [-0.2, 0) is 6.54 Å². The van der Waals surface area contributed by atoms with E-state index >= 15 is 0 Å². The molecule has 1 spiro atoms. The lowest BCUT2D eigenvalue weighted by Crippen LogP contribution is -2.47. The third-order valence-corrected chi connectivity index (χ3v) is 7.83. The number of H-pyrrole nitrogens is 1. The Hall–Kier alpha value is -3.15. The lowest BCUT2D eigenvalue weighted by molar-refractivity contribution is -0.141. The fourth-order valence-corrected chi connectivity index (χ4v) is 5.82. The van der Waals surface area contributed by atoms with Crippen molar-refractivity contribution in [1.29, 1.82) is 0 Å². The molecule has 0 radical (unpaired) electrons. The van der Waals surface area contributed by atoms with E-state index in [1.807, 2.05) is 11.9 Å². The molecular weight excluding hydrogens is 473 g/mol. The Morgan fingerprint density at radius 2 is 2.06 bits per heavy atom. The zero-order chi connectivity index (χ0) is 25.1. The summed E-state index contributed by atoms with van der Waals surface area (Å²) in [6.45, 7) is 1.16. The van der Waals surface area contributed by atoms with E-state index in [1.54, 1.807) is 12.3 Å². The predicted molar refractivity (Wildman–Crippen MR) is 128 cm³/mol. The molecule has 2 N–H and O–H groups in total. The molecule has 192 valence electrons. The van der Waals surface area contributed by atoms with Gasteiger partial charge in [-0.1, -0.05) is 0 Å². The molecule has 9 nitrogen and oxygen atoms in total. The van der Waals surface area contributed by atoms with Gasteiger partial charge in [0.1, 0.15) is 12.2 Å². The van der Waals surface area contributed by atoms with Gasteiger partial charge in [-0.05, 0) is 58.2 Å². The third kappa shape index (κ3) is 4.21. The van der Waals surface area contributed by atoms with Crippen molar-refractivity contribution in [2.24, 2.45) is 0 Å². The molecule has 2 saturated heterocycles. The highest BCUT2D eigenvalue weighted by Gasteiger charge is 2.51. The Bertz CT molecular complexity index is 1290. The Balaban J connectivity index is 1.33. The van der Waals surface area contributed by atoms with E-state index < -0.39 is 12.7 Å². The van der Waals surface area contributed by atoms with Crippen molar-refractivity contribution in [3.05, 3.63) is 24.2 Å². The Morgan fingerprint density at radius 1 is 1.22 bits per heavy atom. The second kappa shape index (κ2) is 8.46. The minimum Gasteiger partial charge on any atom is -0.319 e. The second-order valence-corrected chi connectivity index (χ2v) is 10.4. The van der Waals surface area contributed by atoms with Crippen LogP contribution in [0.15, 0.2) is 18.5 Å². The van der Waals surface area contributed by atoms with Crippen molar-refractivity contribution in [1.82, 2.24) is 34.8 Å². The van der Waals surface area contributed by atoms with E-state index in [2.05, 4.69) is 30.5 Å². The van der Waals surface area contributed by atoms with Crippen LogP contribution in [0, 0.1) is 0 Å². The lowest BCUT2D eigenvalue weighted by atomic mass is 10.0. The fourth-order valence-electron chi connectivity index (χ4n) is 5.82. The maximum atomic E-state index is 13.4. The largest absolute Gasteiger partial charge is 0.408 e. The van der Waals surface area contributed by atoms with Crippen molar-refractivity contribution in [3.8, 4) is 11.4 Å². The molecule has 1 saturated carbocycles. The molecule has 1 unspecified atom stereocenters. The number of carbonyl (C=O) groups excluding carboxylic acids is 1. The summed E-state index contributed by atoms with van der Waals surface area (Å²) in [7, 11) is 1.99. The van der Waals surface area contributed by atoms with Crippen molar-refractivity contribution in [2.75, 3.05) is 32.0 Å². The molecule has 1 aliphatic carbocycles. The first-order valence-corrected chi connectivity index (χ1v) is 12.5. The van der Waals surface area contributed by atoms with Gasteiger partial charge in [0.15, 0.2) is 0 Å². The van der Waals surface area contributed by atoms with E-state index in [9.17, 15) is 18.0 Å². The lowest BCUT2D eigenvalue weighted by Gasteiger charge is -2.36. The molecule has 36 heavy (non-hydrogen) atoms. The number of fused-ring (bicyclic) bond motifs is 1. The molecule has 12 heteroatoms. The van der Waals surface area contributed by atoms with Crippen molar-refractivity contribution in [3.63, 3.8) is 0 Å². The van der Waals surface area contributed by atoms with Gasteiger partial charge in [0, 0.05) is 36.1 Å². The van der Waals surface area contributed by atoms with E-state index in [4.69, 9.17) is 0 Å². The van der Waals surface area contributed by atoms with Crippen molar-refractivity contribution < 1.29 is 18.0 Å². The van der Waals surface area contributed by atoms with E-state index in [1.165, 1.54) is 6.20 Å². The molecule has 5 heterocycles. The maximum absolute atomic E-state index is 13.4. The zero-order valence-corrected chi connectivity index (χ0v) is 20.1. The number of halogens is 3. The predicted octanol–water partition coefficient (Wildman–Crippen LogP) is 4.35. The van der Waals surface area contributed by atoms with Crippen molar-refractivity contribution >= 4 is 22.6 Å². The minimum absolute atomic E-state index is 0.0157. The van der Waals surface area contributed by atoms with Crippen LogP contribution < -0.4 is 5.32 Å². The summed E-state index contributed by atoms with van der Waals surface area (Å²) in [4.78, 5) is 21.7. The number of rotatable bonds is 4. The molecule has 2 amide bonds. The zero-order valence-electron chi connectivity index (χ0n) is 20.1. The number of anilines is 1. The van der Waals surface area contributed by atoms with Gasteiger partial charge in [0.05, 0.1) is 28.8 Å². The second-order valence-electron chi connectivity index (χ2n) is 10.4. The van der Waals surface area contributed by atoms with Crippen LogP contribution in [0.5, 0.6) is 0 Å². The maximum Gasteiger partial charge on any atom is 0.408 e. The van der Waals surface area contributed by atoms with Crippen LogP contribution in [0.2, 0.25) is 0 Å². The minimum atomic E-state index is -4.41. The Kier molecular flexibility index (Phi) is 5.47. The highest BCUT2D eigenvalue weighted by Crippen LogP contribution is 2.48. The number of carbonyl (C=O) groups is 1. The summed E-state index contributed by atoms with van der Waals surface area (Å²) < 4.78 is 41.2. The van der Waals surface area contributed by atoms with E-state index in [0.717, 1.165) is 62.8 Å². The van der Waals surface area contributed by atoms with Crippen LogP contribution >= 0.6 is 0 Å². The van der Waals surface area contributed by atoms with E-state index in [0.29, 0.717) is 33.7 Å². The summed E-state index contributed by atoms with van der Waals surface area (Å²) >= 11 is 0. The molecule has 3 aromatic rings. The van der Waals surface area contributed by atoms with E-state index in [-0.39, 0.29) is 17.5 Å². The van der Waals surface area contributed by atoms with Crippen LogP contribution in [0.1, 0.15) is 50.1 Å². The molecule has 1 atom stereocenters. The smallest absolute Gasteiger partial charge is 0.319 e. The number of aromatic nitrogens is 5. The van der Waals surface area contributed by atoms with Gasteiger partial charge in [-0.3, -0.25) is 14.8 Å². The van der Waals surface area contributed by atoms with Gasteiger partial charge >= 0.3 is 12.2 Å². The van der Waals surface area contributed by atoms with Gasteiger partial charge in [0.25, 0.3) is 0 Å². The topological polar surface area (TPSA) is 95.0 Å². The van der Waals surface area contributed by atoms with Crippen LogP contribution in [0.3, 0.4) is 0 Å². The molecular formula is C24H29F3N8O. The number of likely N-dealkylation sites (N-methyl/N-ethyl adjacent to an activating group) is 1. The molecule has 6 rings (SSSR count). The fraction of sp³-hybridized carbons (Fsp3) is 0.583. The summed E-state index contributed by atoms with van der Waals surface area (Å²) in [5.74, 6) is 0.0564. The van der Waals surface area contributed by atoms with Gasteiger partial charge < -0.3 is 15.1 Å². The van der Waals surface area contributed by atoms with Gasteiger partial charge in [-0.15, -0.1) is 0 Å².